The van der Waals surface area contributed by atoms with E-state index in [1.165, 1.54) is 0 Å². The number of rotatable bonds is 1. The van der Waals surface area contributed by atoms with Crippen molar-refractivity contribution in [2.45, 2.75) is 0 Å². The van der Waals surface area contributed by atoms with Gasteiger partial charge in [0.15, 0.2) is 0 Å². The van der Waals surface area contributed by atoms with Crippen LogP contribution in [0.25, 0.3) is 0 Å². The van der Waals surface area contributed by atoms with Gasteiger partial charge in [0.25, 0.3) is 0 Å². The summed E-state index contributed by atoms with van der Waals surface area (Å²) in [6.45, 7) is 0. The Bertz CT molecular complexity index is 114. The summed E-state index contributed by atoms with van der Waals surface area (Å²) >= 11 is 0. The molecule has 0 aliphatic rings. The average Bonchev–Trinajstić information content (AvgIpc) is 1.35. The molecule has 0 aromatic heterocycles. The van der Waals surface area contributed by atoms with Crippen LogP contribution in [0, 0.1) is 0 Å². The van der Waals surface area contributed by atoms with Gasteiger partial charge in [-0.2, -0.15) is 8.42 Å². The second kappa shape index (κ2) is 3.82. The van der Waals surface area contributed by atoms with E-state index in [-0.39, 0.29) is 29.6 Å². The van der Waals surface area contributed by atoms with E-state index in [4.69, 9.17) is 4.55 Å². The molecule has 0 fully saturated rings. The first-order valence-electron chi connectivity index (χ1n) is 1.09. The molecule has 0 rings (SSSR count). The van der Waals surface area contributed by atoms with Crippen LogP contribution in [0.3, 0.4) is 0 Å². The summed E-state index contributed by atoms with van der Waals surface area (Å²) in [6, 6.07) is 0. The first kappa shape index (κ1) is 10.8. The topological polar surface area (TPSA) is 63.6 Å². The molecule has 0 aliphatic heterocycles. The Morgan fingerprint density at radius 2 is 1.71 bits per heavy atom. The average molecular weight is 136 g/mol. The third-order valence-corrected chi connectivity index (χ3v) is 0.632. The van der Waals surface area contributed by atoms with Crippen molar-refractivity contribution < 1.29 is 17.2 Å². The van der Waals surface area contributed by atoms with Gasteiger partial charge in [0.05, 0.1) is 7.11 Å². The Kier molecular flexibility index (Phi) is 5.89. The predicted molar refractivity (Wildman–Crippen MR) is 25.7 cm³/mol. The van der Waals surface area contributed by atoms with Gasteiger partial charge in [-0.3, -0.25) is 8.74 Å². The van der Waals surface area contributed by atoms with Crippen LogP contribution >= 0.6 is 0 Å². The van der Waals surface area contributed by atoms with E-state index in [0.717, 1.165) is 7.11 Å². The van der Waals surface area contributed by atoms with Crippen molar-refractivity contribution in [1.29, 1.82) is 0 Å². The molecule has 0 atom stereocenters. The van der Waals surface area contributed by atoms with E-state index >= 15 is 0 Å². The molecule has 0 saturated carbocycles. The summed E-state index contributed by atoms with van der Waals surface area (Å²) in [7, 11) is -3.29. The molecule has 0 aromatic rings. The molecule has 0 aromatic carbocycles. The zero-order chi connectivity index (χ0) is 5.21. The van der Waals surface area contributed by atoms with Crippen LogP contribution in [0.15, 0.2) is 0 Å². The van der Waals surface area contributed by atoms with Gasteiger partial charge < -0.3 is 0 Å². The van der Waals surface area contributed by atoms with Crippen LogP contribution in [0.4, 0.5) is 0 Å². The van der Waals surface area contributed by atoms with Gasteiger partial charge in [0, 0.05) is 0 Å². The van der Waals surface area contributed by atoms with Crippen molar-refractivity contribution in [3.8, 4) is 0 Å². The van der Waals surface area contributed by atoms with E-state index in [1.54, 1.807) is 0 Å². The third-order valence-electron chi connectivity index (χ3n) is 0.211. The summed E-state index contributed by atoms with van der Waals surface area (Å²) in [5, 5.41) is 0. The molecule has 4 nitrogen and oxygen atoms in total. The maximum absolute atomic E-state index is 9.33. The molecule has 0 bridgehead atoms. The molecule has 1 N–H and O–H groups in total. The first-order chi connectivity index (χ1) is 2.56. The summed E-state index contributed by atoms with van der Waals surface area (Å²) in [5.41, 5.74) is 0. The van der Waals surface area contributed by atoms with E-state index in [9.17, 15) is 8.42 Å². The van der Waals surface area contributed by atoms with Crippen molar-refractivity contribution in [3.05, 3.63) is 0 Å². The van der Waals surface area contributed by atoms with Gasteiger partial charge in [-0.05, 0) is 0 Å². The molecule has 0 amide bonds. The normalized spacial score (nSPS) is 10.0. The maximum atomic E-state index is 9.33. The SMILES string of the molecule is COS(=O)(=O)O.[NaH]. The zero-order valence-electron chi connectivity index (χ0n) is 3.08. The molecular weight excluding hydrogens is 131 g/mol. The second-order valence-electron chi connectivity index (χ2n) is 0.594. The van der Waals surface area contributed by atoms with Crippen LogP contribution in [-0.4, -0.2) is 49.6 Å². The van der Waals surface area contributed by atoms with Crippen LogP contribution in [-0.2, 0) is 14.6 Å². The second-order valence-corrected chi connectivity index (χ2v) is 1.78. The summed E-state index contributed by atoms with van der Waals surface area (Å²) in [5.74, 6) is 0. The fraction of sp³-hybridized carbons (Fsp3) is 1.00. The van der Waals surface area contributed by atoms with E-state index in [1.807, 2.05) is 0 Å². The van der Waals surface area contributed by atoms with Crippen LogP contribution in [0.1, 0.15) is 0 Å². The number of hydrogen-bond donors (Lipinski definition) is 1. The molecule has 0 radical (unpaired) electrons. The third kappa shape index (κ3) is 10.9. The summed E-state index contributed by atoms with van der Waals surface area (Å²) in [4.78, 5) is 0. The first-order valence-corrected chi connectivity index (χ1v) is 2.46. The van der Waals surface area contributed by atoms with Gasteiger partial charge in [0.1, 0.15) is 0 Å². The molecule has 0 unspecified atom stereocenters. The molecular formula is CH5NaO4S. The summed E-state index contributed by atoms with van der Waals surface area (Å²) in [6.07, 6.45) is 0. The number of hydrogen-bond acceptors (Lipinski definition) is 3. The minimum absolute atomic E-state index is 0. The van der Waals surface area contributed by atoms with Crippen LogP contribution in [0.5, 0.6) is 0 Å². The summed E-state index contributed by atoms with van der Waals surface area (Å²) < 4.78 is 29.7. The Morgan fingerprint density at radius 3 is 1.71 bits per heavy atom. The minimum atomic E-state index is -4.16. The molecule has 7 heavy (non-hydrogen) atoms. The van der Waals surface area contributed by atoms with E-state index in [2.05, 4.69) is 4.18 Å². The van der Waals surface area contributed by atoms with E-state index in [0.29, 0.717) is 0 Å². The van der Waals surface area contributed by atoms with Gasteiger partial charge >= 0.3 is 40.0 Å². The Hall–Kier alpha value is 0.870. The van der Waals surface area contributed by atoms with Crippen molar-refractivity contribution >= 4 is 40.0 Å². The van der Waals surface area contributed by atoms with E-state index < -0.39 is 10.4 Å². The molecule has 0 heterocycles. The standard InChI is InChI=1S/CH4O4S.Na.H/c1-5-6(2,3)4;;/h1H3,(H,2,3,4);;. The van der Waals surface area contributed by atoms with Gasteiger partial charge in [0.2, 0.25) is 0 Å². The van der Waals surface area contributed by atoms with Gasteiger partial charge in [-0.25, -0.2) is 0 Å². The van der Waals surface area contributed by atoms with Crippen molar-refractivity contribution in [2.75, 3.05) is 7.11 Å². The predicted octanol–water partition coefficient (Wildman–Crippen LogP) is -1.21. The Labute approximate surface area is 64.1 Å². The fourth-order valence-corrected chi connectivity index (χ4v) is 0. The fourth-order valence-electron chi connectivity index (χ4n) is 0. The Morgan fingerprint density at radius 1 is 1.57 bits per heavy atom. The monoisotopic (exact) mass is 136 g/mol. The van der Waals surface area contributed by atoms with Crippen molar-refractivity contribution in [2.24, 2.45) is 0 Å². The van der Waals surface area contributed by atoms with Crippen LogP contribution < -0.4 is 0 Å². The zero-order valence-corrected chi connectivity index (χ0v) is 3.90. The molecule has 0 saturated heterocycles. The van der Waals surface area contributed by atoms with Gasteiger partial charge in [-0.15, -0.1) is 0 Å². The van der Waals surface area contributed by atoms with Crippen LogP contribution in [0.2, 0.25) is 0 Å². The Balaban J connectivity index is 0. The molecule has 0 aliphatic carbocycles. The molecule has 6 heteroatoms. The van der Waals surface area contributed by atoms with Crippen molar-refractivity contribution in [3.63, 3.8) is 0 Å². The van der Waals surface area contributed by atoms with Gasteiger partial charge in [-0.1, -0.05) is 0 Å². The molecule has 0 spiro atoms. The molecule has 40 valence electrons. The quantitative estimate of drug-likeness (QED) is 0.363. The van der Waals surface area contributed by atoms with Crippen molar-refractivity contribution in [1.82, 2.24) is 0 Å².